The Hall–Kier alpha value is -2.07. The summed E-state index contributed by atoms with van der Waals surface area (Å²) in [5.41, 5.74) is 3.18. The van der Waals surface area contributed by atoms with E-state index in [1.807, 2.05) is 37.3 Å². The first-order chi connectivity index (χ1) is 10.6. The Morgan fingerprint density at radius 2 is 1.73 bits per heavy atom. The second kappa shape index (κ2) is 6.36. The zero-order valence-electron chi connectivity index (χ0n) is 12.7. The number of hydrogen-bond donors (Lipinski definition) is 0. The van der Waals surface area contributed by atoms with E-state index in [1.54, 1.807) is 16.8 Å². The molecule has 0 aliphatic carbocycles. The molecule has 2 aromatic rings. The van der Waals surface area contributed by atoms with Gasteiger partial charge in [0.05, 0.1) is 12.3 Å². The Kier molecular flexibility index (Phi) is 4.29. The van der Waals surface area contributed by atoms with Crippen molar-refractivity contribution in [2.24, 2.45) is 5.10 Å². The average Bonchev–Trinajstić information content (AvgIpc) is 2.78. The summed E-state index contributed by atoms with van der Waals surface area (Å²) in [5, 5.41) is 5.80. The molecule has 1 aliphatic rings. The summed E-state index contributed by atoms with van der Waals surface area (Å²) < 4.78 is 0. The van der Waals surface area contributed by atoms with Crippen LogP contribution in [0.4, 0.5) is 0 Å². The zero-order valence-corrected chi connectivity index (χ0v) is 13.5. The maximum Gasteiger partial charge on any atom is 0.262 e. The van der Waals surface area contributed by atoms with Crippen LogP contribution < -0.4 is 0 Å². The van der Waals surface area contributed by atoms with E-state index in [0.717, 1.165) is 16.2 Å². The van der Waals surface area contributed by atoms with E-state index >= 15 is 0 Å². The number of amides is 1. The van der Waals surface area contributed by atoms with E-state index in [2.05, 4.69) is 36.3 Å². The van der Waals surface area contributed by atoms with Crippen LogP contribution in [0.15, 0.2) is 64.6 Å². The molecule has 0 bridgehead atoms. The molecule has 3 nitrogen and oxygen atoms in total. The lowest BCUT2D eigenvalue weighted by molar-refractivity contribution is -0.128. The molecule has 0 spiro atoms. The third-order valence-corrected chi connectivity index (χ3v) is 4.91. The van der Waals surface area contributed by atoms with Gasteiger partial charge in [-0.1, -0.05) is 48.0 Å². The van der Waals surface area contributed by atoms with Gasteiger partial charge in [0, 0.05) is 4.90 Å². The number of rotatable bonds is 4. The predicted molar refractivity (Wildman–Crippen MR) is 90.9 cm³/mol. The van der Waals surface area contributed by atoms with Gasteiger partial charge in [-0.05, 0) is 31.5 Å². The maximum atomic E-state index is 12.6. The molecular formula is C18H18N2OS. The number of nitrogens with zero attached hydrogens (tertiary/aromatic N) is 2. The highest BCUT2D eigenvalue weighted by Gasteiger charge is 2.34. The van der Waals surface area contributed by atoms with E-state index < -0.39 is 0 Å². The van der Waals surface area contributed by atoms with E-state index in [0.29, 0.717) is 6.54 Å². The van der Waals surface area contributed by atoms with Crippen molar-refractivity contribution < 1.29 is 4.79 Å². The van der Waals surface area contributed by atoms with Gasteiger partial charge in [-0.3, -0.25) is 4.79 Å². The first-order valence-corrected chi connectivity index (χ1v) is 8.15. The Bertz CT molecular complexity index is 695. The molecule has 22 heavy (non-hydrogen) atoms. The lowest BCUT2D eigenvalue weighted by Gasteiger charge is -2.14. The normalized spacial score (nSPS) is 17.7. The summed E-state index contributed by atoms with van der Waals surface area (Å²) in [6.45, 7) is 4.51. The summed E-state index contributed by atoms with van der Waals surface area (Å²) >= 11 is 1.57. The van der Waals surface area contributed by atoms with Crippen LogP contribution in [0, 0.1) is 6.92 Å². The number of aryl methyl sites for hydroxylation is 1. The molecule has 0 radical (unpaired) electrons. The lowest BCUT2D eigenvalue weighted by atomic mass is 10.2. The van der Waals surface area contributed by atoms with Crippen LogP contribution in [0.25, 0.3) is 0 Å². The number of benzene rings is 2. The van der Waals surface area contributed by atoms with Gasteiger partial charge < -0.3 is 0 Å². The molecule has 0 fully saturated rings. The molecular weight excluding hydrogens is 292 g/mol. The quantitative estimate of drug-likeness (QED) is 0.858. The third kappa shape index (κ3) is 3.22. The van der Waals surface area contributed by atoms with Crippen molar-refractivity contribution in [3.8, 4) is 0 Å². The van der Waals surface area contributed by atoms with Crippen molar-refractivity contribution in [3.63, 3.8) is 0 Å². The van der Waals surface area contributed by atoms with E-state index in [9.17, 15) is 4.79 Å². The standard InChI is InChI=1S/C18H18N2OS/c1-13-8-10-16(11-9-13)22-17-14(2)19-20(18(17)21)12-15-6-4-3-5-7-15/h3-11,17H,12H2,1-2H3. The van der Waals surface area contributed by atoms with Gasteiger partial charge in [-0.25, -0.2) is 5.01 Å². The van der Waals surface area contributed by atoms with Crippen LogP contribution in [-0.4, -0.2) is 21.9 Å². The van der Waals surface area contributed by atoms with E-state index in [1.165, 1.54) is 5.56 Å². The smallest absolute Gasteiger partial charge is 0.262 e. The summed E-state index contributed by atoms with van der Waals surface area (Å²) in [6, 6.07) is 18.2. The highest BCUT2D eigenvalue weighted by molar-refractivity contribution is 8.01. The minimum atomic E-state index is -0.216. The minimum Gasteiger partial charge on any atom is -0.271 e. The highest BCUT2D eigenvalue weighted by Crippen LogP contribution is 2.30. The second-order valence-corrected chi connectivity index (χ2v) is 6.61. The van der Waals surface area contributed by atoms with Crippen LogP contribution in [-0.2, 0) is 11.3 Å². The molecule has 1 atom stereocenters. The van der Waals surface area contributed by atoms with Crippen molar-refractivity contribution >= 4 is 23.4 Å². The van der Waals surface area contributed by atoms with Crippen molar-refractivity contribution in [1.29, 1.82) is 0 Å². The Morgan fingerprint density at radius 1 is 1.05 bits per heavy atom. The molecule has 0 aromatic heterocycles. The summed E-state index contributed by atoms with van der Waals surface area (Å²) in [4.78, 5) is 13.7. The minimum absolute atomic E-state index is 0.0620. The van der Waals surface area contributed by atoms with Gasteiger partial charge in [-0.15, -0.1) is 11.8 Å². The molecule has 112 valence electrons. The SMILES string of the molecule is CC1=NN(Cc2ccccc2)C(=O)C1Sc1ccc(C)cc1. The molecule has 2 aromatic carbocycles. The van der Waals surface area contributed by atoms with E-state index in [-0.39, 0.29) is 11.2 Å². The fourth-order valence-corrected chi connectivity index (χ4v) is 3.37. The monoisotopic (exact) mass is 310 g/mol. The van der Waals surface area contributed by atoms with Crippen LogP contribution in [0.5, 0.6) is 0 Å². The molecule has 0 N–H and O–H groups in total. The zero-order chi connectivity index (χ0) is 15.5. The molecule has 0 saturated heterocycles. The molecule has 0 saturated carbocycles. The van der Waals surface area contributed by atoms with E-state index in [4.69, 9.17) is 0 Å². The third-order valence-electron chi connectivity index (χ3n) is 3.59. The van der Waals surface area contributed by atoms with Gasteiger partial charge in [0.15, 0.2) is 0 Å². The molecule has 3 rings (SSSR count). The Balaban J connectivity index is 1.71. The Morgan fingerprint density at radius 3 is 2.41 bits per heavy atom. The lowest BCUT2D eigenvalue weighted by Crippen LogP contribution is -2.28. The van der Waals surface area contributed by atoms with Gasteiger partial charge in [0.1, 0.15) is 5.25 Å². The Labute approximate surface area is 135 Å². The first-order valence-electron chi connectivity index (χ1n) is 7.27. The largest absolute Gasteiger partial charge is 0.271 e. The summed E-state index contributed by atoms with van der Waals surface area (Å²) in [7, 11) is 0. The number of hydrazone groups is 1. The fourth-order valence-electron chi connectivity index (χ4n) is 2.36. The van der Waals surface area contributed by atoms with Crippen LogP contribution in [0.3, 0.4) is 0 Å². The van der Waals surface area contributed by atoms with Crippen molar-refractivity contribution in [3.05, 3.63) is 65.7 Å². The fraction of sp³-hybridized carbons (Fsp3) is 0.222. The number of thioether (sulfide) groups is 1. The van der Waals surface area contributed by atoms with Crippen LogP contribution in [0.1, 0.15) is 18.1 Å². The molecule has 1 aliphatic heterocycles. The van der Waals surface area contributed by atoms with Crippen molar-refractivity contribution in [1.82, 2.24) is 5.01 Å². The second-order valence-electron chi connectivity index (χ2n) is 5.43. The van der Waals surface area contributed by atoms with Gasteiger partial charge in [0.2, 0.25) is 0 Å². The van der Waals surface area contributed by atoms with Crippen LogP contribution in [0.2, 0.25) is 0 Å². The molecule has 1 unspecified atom stereocenters. The van der Waals surface area contributed by atoms with Crippen molar-refractivity contribution in [2.75, 3.05) is 0 Å². The van der Waals surface area contributed by atoms with Crippen molar-refractivity contribution in [2.45, 2.75) is 30.5 Å². The topological polar surface area (TPSA) is 32.7 Å². The molecule has 1 heterocycles. The predicted octanol–water partition coefficient (Wildman–Crippen LogP) is 3.87. The molecule has 1 amide bonds. The maximum absolute atomic E-state index is 12.6. The van der Waals surface area contributed by atoms with Gasteiger partial charge >= 0.3 is 0 Å². The summed E-state index contributed by atoms with van der Waals surface area (Å²) in [6.07, 6.45) is 0. The highest BCUT2D eigenvalue weighted by atomic mass is 32.2. The van der Waals surface area contributed by atoms with Crippen LogP contribution >= 0.6 is 11.8 Å². The average molecular weight is 310 g/mol. The number of carbonyl (C=O) groups is 1. The van der Waals surface area contributed by atoms with Gasteiger partial charge in [-0.2, -0.15) is 5.10 Å². The number of carbonyl (C=O) groups excluding carboxylic acids is 1. The van der Waals surface area contributed by atoms with Gasteiger partial charge in [0.25, 0.3) is 5.91 Å². The number of hydrogen-bond acceptors (Lipinski definition) is 3. The first kappa shape index (κ1) is 14.9. The summed E-state index contributed by atoms with van der Waals surface area (Å²) in [5.74, 6) is 0.0620. The molecule has 4 heteroatoms.